The molecule has 0 fully saturated rings. The molecular formula is C12H25N. The van der Waals surface area contributed by atoms with E-state index in [0.29, 0.717) is 0 Å². The maximum absolute atomic E-state index is 2.40. The van der Waals surface area contributed by atoms with E-state index in [1.807, 2.05) is 0 Å². The summed E-state index contributed by atoms with van der Waals surface area (Å²) < 4.78 is 0. The van der Waals surface area contributed by atoms with E-state index in [2.05, 4.69) is 44.9 Å². The first-order chi connectivity index (χ1) is 6.20. The molecule has 0 saturated heterocycles. The summed E-state index contributed by atoms with van der Waals surface area (Å²) in [5, 5.41) is 0. The molecule has 0 aromatic heterocycles. The first-order valence-electron chi connectivity index (χ1n) is 5.61. The molecule has 0 aliphatic heterocycles. The molecule has 78 valence electrons. The molecule has 0 aromatic rings. The van der Waals surface area contributed by atoms with Crippen LogP contribution < -0.4 is 0 Å². The predicted octanol–water partition coefficient (Wildman–Crippen LogP) is 3.67. The third-order valence-electron chi connectivity index (χ3n) is 2.17. The maximum Gasteiger partial charge on any atom is 0.0174 e. The number of unbranched alkanes of at least 4 members (excludes halogenated alkanes) is 1. The van der Waals surface area contributed by atoms with Gasteiger partial charge in [0.1, 0.15) is 0 Å². The minimum absolute atomic E-state index is 0.814. The zero-order valence-corrected chi connectivity index (χ0v) is 9.71. The number of hydrogen-bond acceptors (Lipinski definition) is 1. The molecule has 13 heavy (non-hydrogen) atoms. The van der Waals surface area contributed by atoms with Crippen LogP contribution >= 0.6 is 0 Å². The van der Waals surface area contributed by atoms with Crippen molar-refractivity contribution < 1.29 is 0 Å². The molecule has 0 N–H and O–H groups in total. The Morgan fingerprint density at radius 1 is 1.23 bits per heavy atom. The van der Waals surface area contributed by atoms with Crippen molar-refractivity contribution in [3.8, 4) is 0 Å². The zero-order valence-electron chi connectivity index (χ0n) is 9.71. The van der Waals surface area contributed by atoms with Gasteiger partial charge in [0, 0.05) is 13.1 Å². The largest absolute Gasteiger partial charge is 0.378 e. The Balaban J connectivity index is 3.62. The van der Waals surface area contributed by atoms with Crippen LogP contribution in [0.3, 0.4) is 0 Å². The second-order valence-electron chi connectivity index (χ2n) is 3.98. The van der Waals surface area contributed by atoms with Gasteiger partial charge in [0.2, 0.25) is 0 Å². The summed E-state index contributed by atoms with van der Waals surface area (Å²) >= 11 is 0. The van der Waals surface area contributed by atoms with Gasteiger partial charge in [0.25, 0.3) is 0 Å². The highest BCUT2D eigenvalue weighted by molar-refractivity contribution is 4.81. The van der Waals surface area contributed by atoms with Crippen LogP contribution in [0.5, 0.6) is 0 Å². The van der Waals surface area contributed by atoms with E-state index < -0.39 is 0 Å². The highest BCUT2D eigenvalue weighted by atomic mass is 15.1. The topological polar surface area (TPSA) is 3.24 Å². The lowest BCUT2D eigenvalue weighted by molar-refractivity contribution is 0.360. The third kappa shape index (κ3) is 7.89. The van der Waals surface area contributed by atoms with Crippen molar-refractivity contribution in [3.05, 3.63) is 12.3 Å². The van der Waals surface area contributed by atoms with Gasteiger partial charge in [0.15, 0.2) is 0 Å². The number of allylic oxidation sites excluding steroid dienone is 1. The Bertz CT molecular complexity index is 127. The summed E-state index contributed by atoms with van der Waals surface area (Å²) in [6, 6.07) is 0. The van der Waals surface area contributed by atoms with Gasteiger partial charge >= 0.3 is 0 Å². The molecule has 0 rings (SSSR count). The monoisotopic (exact) mass is 183 g/mol. The predicted molar refractivity (Wildman–Crippen MR) is 60.8 cm³/mol. The van der Waals surface area contributed by atoms with Gasteiger partial charge in [-0.05, 0) is 31.9 Å². The van der Waals surface area contributed by atoms with Crippen LogP contribution in [0.2, 0.25) is 0 Å². The average Bonchev–Trinajstić information content (AvgIpc) is 2.10. The van der Waals surface area contributed by atoms with Crippen LogP contribution in [-0.2, 0) is 0 Å². The van der Waals surface area contributed by atoms with Crippen molar-refractivity contribution in [1.82, 2.24) is 4.90 Å². The normalized spacial score (nSPS) is 11.5. The SMILES string of the molecule is CCCC=CN(CC)CCC(C)C. The molecule has 0 saturated carbocycles. The van der Waals surface area contributed by atoms with E-state index in [0.717, 1.165) is 12.5 Å². The van der Waals surface area contributed by atoms with E-state index in [1.54, 1.807) is 0 Å². The molecule has 0 amide bonds. The third-order valence-corrected chi connectivity index (χ3v) is 2.17. The second-order valence-corrected chi connectivity index (χ2v) is 3.98. The fourth-order valence-electron chi connectivity index (χ4n) is 1.15. The summed E-state index contributed by atoms with van der Waals surface area (Å²) in [6.45, 7) is 11.3. The molecule has 0 bridgehead atoms. The number of rotatable bonds is 7. The molecule has 0 aliphatic rings. The average molecular weight is 183 g/mol. The molecule has 0 spiro atoms. The Kier molecular flexibility index (Phi) is 7.86. The van der Waals surface area contributed by atoms with Crippen molar-refractivity contribution in [2.45, 2.75) is 47.0 Å². The molecule has 0 aromatic carbocycles. The summed E-state index contributed by atoms with van der Waals surface area (Å²) in [7, 11) is 0. The van der Waals surface area contributed by atoms with Gasteiger partial charge in [-0.2, -0.15) is 0 Å². The summed E-state index contributed by atoms with van der Waals surface area (Å²) in [5.74, 6) is 0.814. The lowest BCUT2D eigenvalue weighted by Crippen LogP contribution is -2.19. The molecule has 0 radical (unpaired) electrons. The lowest BCUT2D eigenvalue weighted by Gasteiger charge is -2.19. The van der Waals surface area contributed by atoms with Gasteiger partial charge in [-0.25, -0.2) is 0 Å². The van der Waals surface area contributed by atoms with E-state index in [-0.39, 0.29) is 0 Å². The molecular weight excluding hydrogens is 158 g/mol. The van der Waals surface area contributed by atoms with Gasteiger partial charge in [-0.3, -0.25) is 0 Å². The lowest BCUT2D eigenvalue weighted by atomic mass is 10.1. The summed E-state index contributed by atoms with van der Waals surface area (Å²) in [6.07, 6.45) is 8.29. The summed E-state index contributed by atoms with van der Waals surface area (Å²) in [5.41, 5.74) is 0. The molecule has 0 aliphatic carbocycles. The summed E-state index contributed by atoms with van der Waals surface area (Å²) in [4.78, 5) is 2.40. The van der Waals surface area contributed by atoms with Crippen molar-refractivity contribution in [2.24, 2.45) is 5.92 Å². The Morgan fingerprint density at radius 2 is 1.92 bits per heavy atom. The van der Waals surface area contributed by atoms with Crippen molar-refractivity contribution in [3.63, 3.8) is 0 Å². The van der Waals surface area contributed by atoms with Crippen LogP contribution in [0.1, 0.15) is 47.0 Å². The van der Waals surface area contributed by atoms with Crippen molar-refractivity contribution in [2.75, 3.05) is 13.1 Å². The quantitative estimate of drug-likeness (QED) is 0.582. The van der Waals surface area contributed by atoms with Crippen LogP contribution in [0.15, 0.2) is 12.3 Å². The van der Waals surface area contributed by atoms with Crippen molar-refractivity contribution >= 4 is 0 Å². The molecule has 1 heteroatoms. The molecule has 1 nitrogen and oxygen atoms in total. The minimum Gasteiger partial charge on any atom is -0.378 e. The Hall–Kier alpha value is -0.460. The van der Waals surface area contributed by atoms with E-state index in [1.165, 1.54) is 25.8 Å². The highest BCUT2D eigenvalue weighted by Gasteiger charge is 1.97. The van der Waals surface area contributed by atoms with Gasteiger partial charge in [-0.1, -0.05) is 33.3 Å². The highest BCUT2D eigenvalue weighted by Crippen LogP contribution is 2.02. The number of nitrogens with zero attached hydrogens (tertiary/aromatic N) is 1. The maximum atomic E-state index is 2.40. The standard InChI is InChI=1S/C12H25N/c1-5-7-8-10-13(6-2)11-9-12(3)4/h8,10,12H,5-7,9,11H2,1-4H3. The molecule has 0 unspecified atom stereocenters. The van der Waals surface area contributed by atoms with Gasteiger partial charge in [-0.15, -0.1) is 0 Å². The first-order valence-corrected chi connectivity index (χ1v) is 5.61. The van der Waals surface area contributed by atoms with Gasteiger partial charge in [0.05, 0.1) is 0 Å². The second kappa shape index (κ2) is 8.15. The van der Waals surface area contributed by atoms with Crippen molar-refractivity contribution in [1.29, 1.82) is 0 Å². The van der Waals surface area contributed by atoms with Gasteiger partial charge < -0.3 is 4.90 Å². The van der Waals surface area contributed by atoms with Crippen LogP contribution in [0, 0.1) is 5.92 Å². The number of hydrogen-bond donors (Lipinski definition) is 0. The minimum atomic E-state index is 0.814. The van der Waals surface area contributed by atoms with Crippen LogP contribution in [0.4, 0.5) is 0 Å². The molecule has 0 heterocycles. The van der Waals surface area contributed by atoms with Crippen LogP contribution in [0.25, 0.3) is 0 Å². The Morgan fingerprint density at radius 3 is 2.38 bits per heavy atom. The fourth-order valence-corrected chi connectivity index (χ4v) is 1.15. The van der Waals surface area contributed by atoms with Crippen LogP contribution in [-0.4, -0.2) is 18.0 Å². The zero-order chi connectivity index (χ0) is 10.1. The van der Waals surface area contributed by atoms with E-state index >= 15 is 0 Å². The Labute approximate surface area is 83.8 Å². The van der Waals surface area contributed by atoms with E-state index in [9.17, 15) is 0 Å². The molecule has 0 atom stereocenters. The van der Waals surface area contributed by atoms with E-state index in [4.69, 9.17) is 0 Å². The first kappa shape index (κ1) is 12.5. The fraction of sp³-hybridized carbons (Fsp3) is 0.833. The smallest absolute Gasteiger partial charge is 0.0174 e.